The molecule has 3 aliphatic rings. The van der Waals surface area contributed by atoms with Crippen LogP contribution in [0.1, 0.15) is 80.1 Å². The molecular formula is C27H43NO4S. The van der Waals surface area contributed by atoms with Crippen molar-refractivity contribution in [1.29, 1.82) is 0 Å². The van der Waals surface area contributed by atoms with E-state index >= 15 is 0 Å². The van der Waals surface area contributed by atoms with Crippen molar-refractivity contribution in [2.75, 3.05) is 6.73 Å². The van der Waals surface area contributed by atoms with Crippen molar-refractivity contribution < 1.29 is 19.4 Å². The normalized spacial score (nSPS) is 35.5. The van der Waals surface area contributed by atoms with E-state index in [0.717, 1.165) is 25.7 Å². The zero-order valence-electron chi connectivity index (χ0n) is 21.2. The van der Waals surface area contributed by atoms with Crippen molar-refractivity contribution in [2.24, 2.45) is 29.1 Å². The second-order valence-corrected chi connectivity index (χ2v) is 12.6. The Kier molecular flexibility index (Phi) is 8.56. The van der Waals surface area contributed by atoms with Gasteiger partial charge in [-0.15, -0.1) is 0 Å². The SMILES string of the molecule is CCC(C)(C)C(=O)OCN[C@]12CC[C@@H](C)C=C1C=C[C@H](C)[C@@H]2[C@@H](C)C[C@@H]1C[C@@H](O)CC(=O)S1. The minimum atomic E-state index is -0.515. The summed E-state index contributed by atoms with van der Waals surface area (Å²) < 4.78 is 5.73. The van der Waals surface area contributed by atoms with Crippen molar-refractivity contribution >= 4 is 22.8 Å². The Labute approximate surface area is 204 Å². The van der Waals surface area contributed by atoms with E-state index in [-0.39, 0.29) is 35.0 Å². The molecule has 0 radical (unpaired) electrons. The van der Waals surface area contributed by atoms with Crippen LogP contribution < -0.4 is 5.32 Å². The summed E-state index contributed by atoms with van der Waals surface area (Å²) >= 11 is 1.42. The molecule has 6 heteroatoms. The lowest BCUT2D eigenvalue weighted by atomic mass is 9.58. The molecule has 0 amide bonds. The first-order valence-corrected chi connectivity index (χ1v) is 13.6. The molecule has 0 unspecified atom stereocenters. The number of aliphatic hydroxyl groups excluding tert-OH is 1. The molecule has 1 fully saturated rings. The fourth-order valence-corrected chi connectivity index (χ4v) is 7.35. The number of nitrogens with one attached hydrogen (secondary N) is 1. The molecule has 0 bridgehead atoms. The van der Waals surface area contributed by atoms with Crippen LogP contribution in [-0.4, -0.2) is 39.8 Å². The summed E-state index contributed by atoms with van der Waals surface area (Å²) in [5.41, 5.74) is 0.560. The summed E-state index contributed by atoms with van der Waals surface area (Å²) in [7, 11) is 0. The van der Waals surface area contributed by atoms with E-state index in [2.05, 4.69) is 44.3 Å². The maximum Gasteiger partial charge on any atom is 0.312 e. The van der Waals surface area contributed by atoms with Crippen molar-refractivity contribution in [3.63, 3.8) is 0 Å². The van der Waals surface area contributed by atoms with Gasteiger partial charge in [0.2, 0.25) is 0 Å². The van der Waals surface area contributed by atoms with E-state index < -0.39 is 11.5 Å². The Balaban J connectivity index is 1.82. The quantitative estimate of drug-likeness (QED) is 0.368. The van der Waals surface area contributed by atoms with Gasteiger partial charge >= 0.3 is 5.97 Å². The molecule has 1 saturated heterocycles. The minimum absolute atomic E-state index is 0.105. The summed E-state index contributed by atoms with van der Waals surface area (Å²) in [6.45, 7) is 12.9. The van der Waals surface area contributed by atoms with E-state index in [9.17, 15) is 14.7 Å². The smallest absolute Gasteiger partial charge is 0.312 e. The average Bonchev–Trinajstić information content (AvgIpc) is 2.73. The first-order chi connectivity index (χ1) is 15.5. The lowest BCUT2D eigenvalue weighted by molar-refractivity contribution is -0.155. The minimum Gasteiger partial charge on any atom is -0.449 e. The highest BCUT2D eigenvalue weighted by Gasteiger charge is 2.49. The third-order valence-corrected chi connectivity index (χ3v) is 9.35. The highest BCUT2D eigenvalue weighted by molar-refractivity contribution is 8.14. The number of hydrogen-bond donors (Lipinski definition) is 2. The van der Waals surface area contributed by atoms with E-state index in [0.29, 0.717) is 30.1 Å². The molecule has 0 saturated carbocycles. The summed E-state index contributed by atoms with van der Waals surface area (Å²) in [5.74, 6) is 1.36. The predicted octanol–water partition coefficient (Wildman–Crippen LogP) is 5.24. The van der Waals surface area contributed by atoms with Gasteiger partial charge in [-0.2, -0.15) is 0 Å². The van der Waals surface area contributed by atoms with Crippen LogP contribution in [0.15, 0.2) is 23.8 Å². The molecule has 0 aromatic heterocycles. The number of ether oxygens (including phenoxy) is 1. The topological polar surface area (TPSA) is 75.6 Å². The Morgan fingerprint density at radius 2 is 2.12 bits per heavy atom. The van der Waals surface area contributed by atoms with Gasteiger partial charge in [-0.1, -0.05) is 57.7 Å². The summed E-state index contributed by atoms with van der Waals surface area (Å²) in [4.78, 5) is 24.7. The number of rotatable bonds is 8. The van der Waals surface area contributed by atoms with Crippen molar-refractivity contribution in [2.45, 2.75) is 97.0 Å². The van der Waals surface area contributed by atoms with Crippen molar-refractivity contribution in [3.05, 3.63) is 23.8 Å². The fourth-order valence-electron chi connectivity index (χ4n) is 5.97. The highest BCUT2D eigenvalue weighted by Crippen LogP contribution is 2.49. The van der Waals surface area contributed by atoms with Gasteiger partial charge in [0.1, 0.15) is 6.73 Å². The molecule has 5 nitrogen and oxygen atoms in total. The van der Waals surface area contributed by atoms with Gasteiger partial charge < -0.3 is 9.84 Å². The summed E-state index contributed by atoms with van der Waals surface area (Å²) in [5, 5.41) is 14.1. The second-order valence-electron chi connectivity index (χ2n) is 11.3. The van der Waals surface area contributed by atoms with Crippen molar-refractivity contribution in [3.8, 4) is 0 Å². The summed E-state index contributed by atoms with van der Waals surface area (Å²) in [6, 6.07) is 0. The van der Waals surface area contributed by atoms with Crippen LogP contribution in [-0.2, 0) is 14.3 Å². The lowest BCUT2D eigenvalue weighted by Crippen LogP contribution is -2.59. The van der Waals surface area contributed by atoms with Crippen LogP contribution in [0.4, 0.5) is 0 Å². The Hall–Kier alpha value is -1.11. The average molecular weight is 478 g/mol. The molecule has 1 heterocycles. The van der Waals surface area contributed by atoms with Gasteiger partial charge in [0, 0.05) is 17.2 Å². The van der Waals surface area contributed by atoms with Crippen LogP contribution in [0.25, 0.3) is 0 Å². The molecule has 7 atom stereocenters. The number of hydrogen-bond acceptors (Lipinski definition) is 6. The first-order valence-electron chi connectivity index (χ1n) is 12.7. The number of allylic oxidation sites excluding steroid dienone is 2. The molecule has 1 aliphatic heterocycles. The van der Waals surface area contributed by atoms with Crippen molar-refractivity contribution in [1.82, 2.24) is 5.32 Å². The molecule has 2 aliphatic carbocycles. The number of esters is 1. The molecule has 186 valence electrons. The lowest BCUT2D eigenvalue weighted by Gasteiger charge is -2.52. The highest BCUT2D eigenvalue weighted by atomic mass is 32.2. The maximum atomic E-state index is 12.6. The fraction of sp³-hybridized carbons (Fsp3) is 0.778. The van der Waals surface area contributed by atoms with Gasteiger partial charge in [0.05, 0.1) is 11.5 Å². The Morgan fingerprint density at radius 1 is 1.39 bits per heavy atom. The third-order valence-electron chi connectivity index (χ3n) is 8.20. The molecule has 0 aromatic carbocycles. The van der Waals surface area contributed by atoms with Gasteiger partial charge in [-0.05, 0) is 75.2 Å². The largest absolute Gasteiger partial charge is 0.449 e. The predicted molar refractivity (Wildman–Crippen MR) is 135 cm³/mol. The second kappa shape index (κ2) is 10.7. The number of aliphatic hydroxyl groups is 1. The zero-order valence-corrected chi connectivity index (χ0v) is 22.0. The van der Waals surface area contributed by atoms with E-state index in [1.165, 1.54) is 17.3 Å². The van der Waals surface area contributed by atoms with E-state index in [1.807, 2.05) is 20.8 Å². The van der Waals surface area contributed by atoms with Gasteiger partial charge in [0.25, 0.3) is 0 Å². The van der Waals surface area contributed by atoms with Gasteiger partial charge in [0.15, 0.2) is 5.12 Å². The number of thioether (sulfide) groups is 1. The molecule has 0 spiro atoms. The van der Waals surface area contributed by atoms with E-state index in [1.54, 1.807) is 0 Å². The molecular weight excluding hydrogens is 434 g/mol. The van der Waals surface area contributed by atoms with Gasteiger partial charge in [-0.3, -0.25) is 14.9 Å². The Bertz CT molecular complexity index is 791. The van der Waals surface area contributed by atoms with Crippen LogP contribution in [0, 0.1) is 29.1 Å². The monoisotopic (exact) mass is 477 g/mol. The van der Waals surface area contributed by atoms with E-state index in [4.69, 9.17) is 4.74 Å². The third kappa shape index (κ3) is 5.94. The summed E-state index contributed by atoms with van der Waals surface area (Å²) in [6.07, 6.45) is 11.1. The molecule has 3 rings (SSSR count). The van der Waals surface area contributed by atoms with Crippen LogP contribution >= 0.6 is 11.8 Å². The van der Waals surface area contributed by atoms with Crippen LogP contribution in [0.5, 0.6) is 0 Å². The molecule has 33 heavy (non-hydrogen) atoms. The number of carbonyl (C=O) groups excluding carboxylic acids is 2. The standard InChI is InChI=1S/C27H43NO4S/c1-7-26(5,6)25(31)32-16-28-27-11-10-17(2)12-20(27)9-8-18(3)24(27)19(4)13-22-14-21(29)15-23(30)33-22/h8-9,12,17-19,21-22,24,28-29H,7,10-11,13-16H2,1-6H3/t17-,18+,19+,21-,22-,24-,27-/m1/s1. The first kappa shape index (κ1) is 26.5. The van der Waals surface area contributed by atoms with Crippen LogP contribution in [0.3, 0.4) is 0 Å². The zero-order chi connectivity index (χ0) is 24.4. The Morgan fingerprint density at radius 3 is 2.79 bits per heavy atom. The number of carbonyl (C=O) groups is 2. The van der Waals surface area contributed by atoms with Gasteiger partial charge in [-0.25, -0.2) is 0 Å². The molecule has 0 aromatic rings. The van der Waals surface area contributed by atoms with Crippen LogP contribution in [0.2, 0.25) is 0 Å². The maximum absolute atomic E-state index is 12.6. The number of fused-ring (bicyclic) bond motifs is 1. The molecule has 2 N–H and O–H groups in total.